The number of allylic oxidation sites excluding steroid dienone is 1. The summed E-state index contributed by atoms with van der Waals surface area (Å²) < 4.78 is 0. The van der Waals surface area contributed by atoms with E-state index in [4.69, 9.17) is 5.73 Å². The fourth-order valence-corrected chi connectivity index (χ4v) is 2.71. The molecule has 0 unspecified atom stereocenters. The summed E-state index contributed by atoms with van der Waals surface area (Å²) >= 11 is 0. The van der Waals surface area contributed by atoms with Crippen molar-refractivity contribution in [3.05, 3.63) is 64.7 Å². The van der Waals surface area contributed by atoms with Crippen LogP contribution in [-0.4, -0.2) is 5.91 Å². The molecule has 0 radical (unpaired) electrons. The number of hydrogen-bond donors (Lipinski definition) is 1. The van der Waals surface area contributed by atoms with Crippen molar-refractivity contribution >= 4 is 23.0 Å². The van der Waals surface area contributed by atoms with Crippen LogP contribution in [-0.2, 0) is 0 Å². The van der Waals surface area contributed by atoms with E-state index >= 15 is 0 Å². The number of anilines is 2. The second-order valence-corrected chi connectivity index (χ2v) is 5.18. The minimum Gasteiger partial charge on any atom is -0.399 e. The third-order valence-electron chi connectivity index (χ3n) is 3.77. The van der Waals surface area contributed by atoms with Crippen LogP contribution >= 0.6 is 0 Å². The van der Waals surface area contributed by atoms with Gasteiger partial charge in [-0.05, 0) is 36.8 Å². The Hall–Kier alpha value is -3.57. The lowest BCUT2D eigenvalue weighted by molar-refractivity contribution is 0.101. The number of nitriles is 2. The summed E-state index contributed by atoms with van der Waals surface area (Å²) in [5.41, 5.74) is 8.91. The number of amides is 1. The Morgan fingerprint density at radius 3 is 2.43 bits per heavy atom. The smallest absolute Gasteiger partial charge is 0.263 e. The van der Waals surface area contributed by atoms with Crippen molar-refractivity contribution in [3.63, 3.8) is 0 Å². The largest absolute Gasteiger partial charge is 0.399 e. The van der Waals surface area contributed by atoms with Gasteiger partial charge in [0, 0.05) is 16.8 Å². The first kappa shape index (κ1) is 14.4. The molecule has 5 nitrogen and oxygen atoms in total. The van der Waals surface area contributed by atoms with Crippen LogP contribution < -0.4 is 10.6 Å². The van der Waals surface area contributed by atoms with Gasteiger partial charge < -0.3 is 5.73 Å². The van der Waals surface area contributed by atoms with Crippen molar-refractivity contribution in [3.8, 4) is 12.1 Å². The maximum absolute atomic E-state index is 12.8. The second kappa shape index (κ2) is 5.32. The van der Waals surface area contributed by atoms with Gasteiger partial charge in [0.05, 0.1) is 11.4 Å². The van der Waals surface area contributed by atoms with Crippen molar-refractivity contribution < 1.29 is 4.79 Å². The molecule has 1 heterocycles. The lowest BCUT2D eigenvalue weighted by Crippen LogP contribution is -2.24. The normalized spacial score (nSPS) is 12.6. The summed E-state index contributed by atoms with van der Waals surface area (Å²) in [6, 6.07) is 16.0. The highest BCUT2D eigenvalue weighted by atomic mass is 16.2. The van der Waals surface area contributed by atoms with Crippen LogP contribution in [0.4, 0.5) is 11.4 Å². The fourth-order valence-electron chi connectivity index (χ4n) is 2.71. The van der Waals surface area contributed by atoms with Gasteiger partial charge in [-0.3, -0.25) is 9.69 Å². The molecule has 110 valence electrons. The van der Waals surface area contributed by atoms with Crippen molar-refractivity contribution in [2.45, 2.75) is 6.92 Å². The molecule has 1 aliphatic rings. The van der Waals surface area contributed by atoms with Crippen molar-refractivity contribution in [1.82, 2.24) is 0 Å². The number of hydrogen-bond acceptors (Lipinski definition) is 4. The van der Waals surface area contributed by atoms with Crippen molar-refractivity contribution in [2.75, 3.05) is 10.6 Å². The van der Waals surface area contributed by atoms with Gasteiger partial charge in [0.2, 0.25) is 0 Å². The van der Waals surface area contributed by atoms with Gasteiger partial charge in [-0.1, -0.05) is 18.2 Å². The fraction of sp³-hybridized carbons (Fsp3) is 0.0556. The van der Waals surface area contributed by atoms with E-state index in [0.29, 0.717) is 22.5 Å². The Bertz CT molecular complexity index is 928. The highest BCUT2D eigenvalue weighted by Crippen LogP contribution is 2.40. The minimum absolute atomic E-state index is 0.119. The molecule has 0 fully saturated rings. The summed E-state index contributed by atoms with van der Waals surface area (Å²) in [7, 11) is 0. The predicted octanol–water partition coefficient (Wildman–Crippen LogP) is 3.00. The zero-order valence-corrected chi connectivity index (χ0v) is 12.4. The van der Waals surface area contributed by atoms with Crippen LogP contribution in [0.2, 0.25) is 0 Å². The average Bonchev–Trinajstić information content (AvgIpc) is 2.82. The molecule has 0 spiro atoms. The lowest BCUT2D eigenvalue weighted by atomic mass is 10.0. The number of para-hydroxylation sites is 1. The molecule has 5 heteroatoms. The lowest BCUT2D eigenvalue weighted by Gasteiger charge is -2.20. The molecule has 0 saturated heterocycles. The first-order valence-corrected chi connectivity index (χ1v) is 6.93. The van der Waals surface area contributed by atoms with Crippen LogP contribution in [0, 0.1) is 29.6 Å². The Balaban J connectivity index is 2.36. The van der Waals surface area contributed by atoms with Gasteiger partial charge in [-0.15, -0.1) is 0 Å². The van der Waals surface area contributed by atoms with E-state index in [-0.39, 0.29) is 17.2 Å². The number of fused-ring (bicyclic) bond motifs is 1. The van der Waals surface area contributed by atoms with Gasteiger partial charge in [0.15, 0.2) is 5.57 Å². The molecule has 0 aliphatic carbocycles. The summed E-state index contributed by atoms with van der Waals surface area (Å²) in [5.74, 6) is -0.271. The first-order valence-electron chi connectivity index (χ1n) is 6.93. The second-order valence-electron chi connectivity index (χ2n) is 5.18. The number of aryl methyl sites for hydroxylation is 1. The van der Waals surface area contributed by atoms with E-state index in [1.165, 1.54) is 4.90 Å². The van der Waals surface area contributed by atoms with Gasteiger partial charge in [0.1, 0.15) is 12.1 Å². The Labute approximate surface area is 133 Å². The topological polar surface area (TPSA) is 93.9 Å². The monoisotopic (exact) mass is 300 g/mol. The molecular weight excluding hydrogens is 288 g/mol. The average molecular weight is 300 g/mol. The van der Waals surface area contributed by atoms with E-state index in [2.05, 4.69) is 0 Å². The number of nitrogen functional groups attached to an aromatic ring is 1. The molecule has 0 saturated carbocycles. The third kappa shape index (κ3) is 2.12. The van der Waals surface area contributed by atoms with Gasteiger partial charge in [0.25, 0.3) is 5.91 Å². The minimum atomic E-state index is -0.271. The molecule has 3 rings (SSSR count). The van der Waals surface area contributed by atoms with Crippen LogP contribution in [0.25, 0.3) is 5.70 Å². The number of nitrogens with two attached hydrogens (primary N) is 1. The van der Waals surface area contributed by atoms with Crippen LogP contribution in [0.15, 0.2) is 48.0 Å². The maximum Gasteiger partial charge on any atom is 0.263 e. The number of carbonyl (C=O) groups is 1. The Morgan fingerprint density at radius 2 is 1.78 bits per heavy atom. The van der Waals surface area contributed by atoms with E-state index < -0.39 is 0 Å². The van der Waals surface area contributed by atoms with Gasteiger partial charge in [-0.2, -0.15) is 10.5 Å². The molecule has 0 atom stereocenters. The Morgan fingerprint density at radius 1 is 1.09 bits per heavy atom. The van der Waals surface area contributed by atoms with E-state index in [9.17, 15) is 15.3 Å². The van der Waals surface area contributed by atoms with Crippen LogP contribution in [0.1, 0.15) is 21.5 Å². The molecule has 2 aromatic rings. The molecular formula is C18H12N4O. The molecule has 23 heavy (non-hydrogen) atoms. The quantitative estimate of drug-likeness (QED) is 0.647. The number of benzene rings is 2. The molecule has 1 aliphatic heterocycles. The molecule has 2 N–H and O–H groups in total. The zero-order valence-electron chi connectivity index (χ0n) is 12.4. The number of carbonyl (C=O) groups excluding carboxylic acids is 1. The number of rotatable bonds is 1. The Kier molecular flexibility index (Phi) is 3.33. The number of nitrogens with zero attached hydrogens (tertiary/aromatic N) is 3. The first-order chi connectivity index (χ1) is 11.1. The summed E-state index contributed by atoms with van der Waals surface area (Å²) in [6.45, 7) is 1.87. The van der Waals surface area contributed by atoms with Crippen molar-refractivity contribution in [1.29, 1.82) is 10.5 Å². The van der Waals surface area contributed by atoms with Crippen molar-refractivity contribution in [2.24, 2.45) is 0 Å². The summed E-state index contributed by atoms with van der Waals surface area (Å²) in [4.78, 5) is 14.3. The molecule has 1 amide bonds. The van der Waals surface area contributed by atoms with Crippen LogP contribution in [0.3, 0.4) is 0 Å². The molecule has 0 aromatic heterocycles. The standard InChI is InChI=1S/C18H12N4O/c1-11-4-2-3-5-16(11)22-17(12(9-19)10-20)15-8-13(21)6-7-14(15)18(22)23/h2-8H,21H2,1H3. The molecule has 0 bridgehead atoms. The zero-order chi connectivity index (χ0) is 16.6. The highest BCUT2D eigenvalue weighted by molar-refractivity contribution is 6.23. The summed E-state index contributed by atoms with van der Waals surface area (Å²) in [5, 5.41) is 18.6. The third-order valence-corrected chi connectivity index (χ3v) is 3.77. The predicted molar refractivity (Wildman–Crippen MR) is 87.0 cm³/mol. The van der Waals surface area contributed by atoms with E-state index in [0.717, 1.165) is 5.56 Å². The highest BCUT2D eigenvalue weighted by Gasteiger charge is 2.36. The molecule has 2 aromatic carbocycles. The van der Waals surface area contributed by atoms with E-state index in [1.54, 1.807) is 24.3 Å². The summed E-state index contributed by atoms with van der Waals surface area (Å²) in [6.07, 6.45) is 0. The van der Waals surface area contributed by atoms with Gasteiger partial charge in [-0.25, -0.2) is 0 Å². The van der Waals surface area contributed by atoms with E-state index in [1.807, 2.05) is 37.3 Å². The SMILES string of the molecule is Cc1ccccc1N1C(=O)c2ccc(N)cc2C1=C(C#N)C#N. The maximum atomic E-state index is 12.8. The van der Waals surface area contributed by atoms with Gasteiger partial charge >= 0.3 is 0 Å². The van der Waals surface area contributed by atoms with Crippen LogP contribution in [0.5, 0.6) is 0 Å².